The van der Waals surface area contributed by atoms with E-state index in [1.54, 1.807) is 0 Å². The number of rotatable bonds is 4. The Morgan fingerprint density at radius 2 is 1.56 bits per heavy atom. The molecule has 1 aliphatic rings. The molecular formula is C15H31N. The molecule has 0 spiro atoms. The van der Waals surface area contributed by atoms with Crippen LogP contribution >= 0.6 is 0 Å². The molecule has 0 aliphatic heterocycles. The van der Waals surface area contributed by atoms with Gasteiger partial charge in [-0.05, 0) is 49.0 Å². The van der Waals surface area contributed by atoms with Crippen molar-refractivity contribution in [3.63, 3.8) is 0 Å². The first-order chi connectivity index (χ1) is 7.29. The second-order valence-electron chi connectivity index (χ2n) is 7.25. The average molecular weight is 225 g/mol. The molecule has 1 N–H and O–H groups in total. The van der Waals surface area contributed by atoms with E-state index in [-0.39, 0.29) is 0 Å². The van der Waals surface area contributed by atoms with Gasteiger partial charge < -0.3 is 5.32 Å². The highest BCUT2D eigenvalue weighted by Crippen LogP contribution is 2.49. The molecule has 1 saturated carbocycles. The summed E-state index contributed by atoms with van der Waals surface area (Å²) >= 11 is 0. The fourth-order valence-corrected chi connectivity index (χ4v) is 4.12. The fourth-order valence-electron chi connectivity index (χ4n) is 4.12. The van der Waals surface area contributed by atoms with Gasteiger partial charge in [-0.2, -0.15) is 0 Å². The van der Waals surface area contributed by atoms with Gasteiger partial charge in [-0.25, -0.2) is 0 Å². The van der Waals surface area contributed by atoms with Gasteiger partial charge in [0.25, 0.3) is 0 Å². The lowest BCUT2D eigenvalue weighted by molar-refractivity contribution is 0.0489. The maximum atomic E-state index is 3.68. The maximum Gasteiger partial charge on any atom is 0.00929 e. The van der Waals surface area contributed by atoms with Crippen molar-refractivity contribution in [2.24, 2.45) is 16.7 Å². The largest absolute Gasteiger partial charge is 0.314 e. The Morgan fingerprint density at radius 3 is 1.94 bits per heavy atom. The van der Waals surface area contributed by atoms with Crippen LogP contribution in [0.4, 0.5) is 0 Å². The van der Waals surface area contributed by atoms with Crippen LogP contribution in [0.5, 0.6) is 0 Å². The molecule has 1 atom stereocenters. The van der Waals surface area contributed by atoms with Crippen LogP contribution in [0, 0.1) is 16.7 Å². The highest BCUT2D eigenvalue weighted by molar-refractivity contribution is 4.92. The van der Waals surface area contributed by atoms with E-state index in [1.807, 2.05) is 0 Å². The van der Waals surface area contributed by atoms with E-state index >= 15 is 0 Å². The van der Waals surface area contributed by atoms with E-state index in [0.717, 1.165) is 18.5 Å². The third kappa shape index (κ3) is 3.76. The summed E-state index contributed by atoms with van der Waals surface area (Å²) in [5, 5.41) is 3.68. The molecule has 0 bridgehead atoms. The summed E-state index contributed by atoms with van der Waals surface area (Å²) in [4.78, 5) is 0. The quantitative estimate of drug-likeness (QED) is 0.755. The summed E-state index contributed by atoms with van der Waals surface area (Å²) in [5.41, 5.74) is 1.05. The van der Waals surface area contributed by atoms with Crippen LogP contribution in [0.3, 0.4) is 0 Å². The van der Waals surface area contributed by atoms with Crippen LogP contribution in [-0.2, 0) is 0 Å². The first kappa shape index (κ1) is 14.0. The van der Waals surface area contributed by atoms with E-state index in [9.17, 15) is 0 Å². The van der Waals surface area contributed by atoms with Crippen molar-refractivity contribution in [1.82, 2.24) is 5.32 Å². The maximum absolute atomic E-state index is 3.68. The predicted molar refractivity (Wildman–Crippen MR) is 72.7 cm³/mol. The van der Waals surface area contributed by atoms with Gasteiger partial charge in [-0.3, -0.25) is 0 Å². The Bertz CT molecular complexity index is 201. The molecule has 0 aromatic heterocycles. The molecule has 0 heterocycles. The summed E-state index contributed by atoms with van der Waals surface area (Å²) in [7, 11) is 0. The minimum Gasteiger partial charge on any atom is -0.314 e. The van der Waals surface area contributed by atoms with Crippen molar-refractivity contribution >= 4 is 0 Å². The first-order valence-electron chi connectivity index (χ1n) is 7.03. The van der Waals surface area contributed by atoms with Gasteiger partial charge in [0.2, 0.25) is 0 Å². The van der Waals surface area contributed by atoms with Crippen molar-refractivity contribution in [2.75, 3.05) is 6.54 Å². The lowest BCUT2D eigenvalue weighted by atomic mass is 9.60. The van der Waals surface area contributed by atoms with Gasteiger partial charge in [0, 0.05) is 6.04 Å². The molecule has 0 saturated heterocycles. The van der Waals surface area contributed by atoms with E-state index < -0.39 is 0 Å². The molecule has 1 nitrogen and oxygen atoms in total. The summed E-state index contributed by atoms with van der Waals surface area (Å²) in [6.07, 6.45) is 5.42. The molecule has 16 heavy (non-hydrogen) atoms. The molecule has 0 amide bonds. The zero-order valence-electron chi connectivity index (χ0n) is 12.2. The summed E-state index contributed by atoms with van der Waals surface area (Å²) in [5.74, 6) is 0.865. The molecule has 0 aromatic carbocycles. The number of hydrogen-bond acceptors (Lipinski definition) is 1. The summed E-state index contributed by atoms with van der Waals surface area (Å²) in [6, 6.07) is 0.726. The predicted octanol–water partition coefficient (Wildman–Crippen LogP) is 4.23. The molecular weight excluding hydrogens is 194 g/mol. The van der Waals surface area contributed by atoms with Crippen molar-refractivity contribution in [2.45, 2.75) is 73.3 Å². The molecule has 1 aliphatic carbocycles. The summed E-state index contributed by atoms with van der Waals surface area (Å²) < 4.78 is 0. The van der Waals surface area contributed by atoms with E-state index in [2.05, 4.69) is 46.9 Å². The highest BCUT2D eigenvalue weighted by atomic mass is 14.9. The lowest BCUT2D eigenvalue weighted by Gasteiger charge is -2.47. The second kappa shape index (κ2) is 5.08. The van der Waals surface area contributed by atoms with E-state index in [0.29, 0.717) is 10.8 Å². The zero-order valence-corrected chi connectivity index (χ0v) is 12.2. The van der Waals surface area contributed by atoms with E-state index in [4.69, 9.17) is 0 Å². The van der Waals surface area contributed by atoms with Crippen molar-refractivity contribution in [3.8, 4) is 0 Å². The first-order valence-corrected chi connectivity index (χ1v) is 7.03. The van der Waals surface area contributed by atoms with Crippen LogP contribution in [0.25, 0.3) is 0 Å². The lowest BCUT2D eigenvalue weighted by Crippen LogP contribution is -2.44. The smallest absolute Gasteiger partial charge is 0.00929 e. The monoisotopic (exact) mass is 225 g/mol. The van der Waals surface area contributed by atoms with Gasteiger partial charge in [0.1, 0.15) is 0 Å². The second-order valence-corrected chi connectivity index (χ2v) is 7.25. The normalized spacial score (nSPS) is 26.6. The number of hydrogen-bond donors (Lipinski definition) is 1. The third-order valence-electron chi connectivity index (χ3n) is 4.06. The van der Waals surface area contributed by atoms with Crippen molar-refractivity contribution in [3.05, 3.63) is 0 Å². The molecule has 1 rings (SSSR count). The van der Waals surface area contributed by atoms with Crippen LogP contribution in [0.2, 0.25) is 0 Å². The van der Waals surface area contributed by atoms with Gasteiger partial charge in [0.05, 0.1) is 0 Å². The van der Waals surface area contributed by atoms with Gasteiger partial charge in [0.15, 0.2) is 0 Å². The van der Waals surface area contributed by atoms with Crippen LogP contribution in [0.1, 0.15) is 67.2 Å². The van der Waals surface area contributed by atoms with Crippen LogP contribution in [0.15, 0.2) is 0 Å². The Kier molecular flexibility index (Phi) is 4.45. The zero-order chi connectivity index (χ0) is 12.4. The van der Waals surface area contributed by atoms with E-state index in [1.165, 1.54) is 25.7 Å². The van der Waals surface area contributed by atoms with Crippen molar-refractivity contribution in [1.29, 1.82) is 0 Å². The van der Waals surface area contributed by atoms with Crippen LogP contribution < -0.4 is 5.32 Å². The van der Waals surface area contributed by atoms with Crippen molar-refractivity contribution < 1.29 is 0 Å². The van der Waals surface area contributed by atoms with Gasteiger partial charge in [-0.1, -0.05) is 41.5 Å². The highest BCUT2D eigenvalue weighted by Gasteiger charge is 2.40. The standard InChI is InChI=1S/C15H31N/c1-7-13(16-8-2)12-9-14(3,4)11-15(5,6)10-12/h12-13,16H,7-11H2,1-6H3. The average Bonchev–Trinajstić information content (AvgIpc) is 2.08. The van der Waals surface area contributed by atoms with Gasteiger partial charge >= 0.3 is 0 Å². The minimum absolute atomic E-state index is 0.523. The van der Waals surface area contributed by atoms with Gasteiger partial charge in [-0.15, -0.1) is 0 Å². The Balaban J connectivity index is 2.72. The minimum atomic E-state index is 0.523. The topological polar surface area (TPSA) is 12.0 Å². The Morgan fingerprint density at radius 1 is 1.06 bits per heavy atom. The third-order valence-corrected chi connectivity index (χ3v) is 4.06. The molecule has 1 unspecified atom stereocenters. The van der Waals surface area contributed by atoms with Crippen LogP contribution in [-0.4, -0.2) is 12.6 Å². The number of nitrogens with one attached hydrogen (secondary N) is 1. The molecule has 96 valence electrons. The molecule has 0 radical (unpaired) electrons. The fraction of sp³-hybridized carbons (Fsp3) is 1.00. The SMILES string of the molecule is CCNC(CC)C1CC(C)(C)CC(C)(C)C1. The molecule has 1 fully saturated rings. The molecule has 1 heteroatoms. The Labute approximate surface area is 102 Å². The summed E-state index contributed by atoms with van der Waals surface area (Å²) in [6.45, 7) is 15.4. The molecule has 0 aromatic rings. The Hall–Kier alpha value is -0.0400.